The molecule has 0 heterocycles. The summed E-state index contributed by atoms with van der Waals surface area (Å²) in [5.74, 6) is -0.00880. The minimum atomic E-state index is -4.04. The minimum absolute atomic E-state index is 0.00880. The SMILES string of the molecule is O=C(O)NCCSS(=O)(=O)O. The second-order valence-electron chi connectivity index (χ2n) is 1.48. The molecule has 3 N–H and O–H groups in total. The van der Waals surface area contributed by atoms with Crippen LogP contribution in [0.4, 0.5) is 4.79 Å². The van der Waals surface area contributed by atoms with Crippen molar-refractivity contribution in [3.05, 3.63) is 0 Å². The van der Waals surface area contributed by atoms with Crippen LogP contribution in [0.15, 0.2) is 0 Å². The van der Waals surface area contributed by atoms with E-state index in [0.29, 0.717) is 0 Å². The average molecular weight is 201 g/mol. The summed E-state index contributed by atoms with van der Waals surface area (Å²) >= 11 is 0. The van der Waals surface area contributed by atoms with Crippen molar-refractivity contribution in [1.82, 2.24) is 5.32 Å². The maximum Gasteiger partial charge on any atom is 0.404 e. The molecule has 0 aliphatic rings. The van der Waals surface area contributed by atoms with E-state index in [0.717, 1.165) is 0 Å². The molecule has 0 saturated carbocycles. The van der Waals surface area contributed by atoms with Gasteiger partial charge in [0.2, 0.25) is 0 Å². The van der Waals surface area contributed by atoms with Crippen LogP contribution in [0.3, 0.4) is 0 Å². The molecule has 0 saturated heterocycles. The van der Waals surface area contributed by atoms with Crippen LogP contribution >= 0.6 is 10.8 Å². The van der Waals surface area contributed by atoms with Crippen LogP contribution in [0.1, 0.15) is 0 Å². The van der Waals surface area contributed by atoms with E-state index in [1.54, 1.807) is 0 Å². The van der Waals surface area contributed by atoms with E-state index in [4.69, 9.17) is 9.66 Å². The zero-order chi connectivity index (χ0) is 8.91. The van der Waals surface area contributed by atoms with E-state index >= 15 is 0 Å². The summed E-state index contributed by atoms with van der Waals surface area (Å²) < 4.78 is 28.2. The summed E-state index contributed by atoms with van der Waals surface area (Å²) in [5.41, 5.74) is 0. The third kappa shape index (κ3) is 9.53. The standard InChI is InChI=1S/C3H7NO5S2/c5-3(6)4-1-2-10-11(7,8)9/h4H,1-2H2,(H,5,6)(H,7,8,9). The zero-order valence-electron chi connectivity index (χ0n) is 5.35. The van der Waals surface area contributed by atoms with Gasteiger partial charge in [0.1, 0.15) is 0 Å². The molecule has 0 fully saturated rings. The lowest BCUT2D eigenvalue weighted by Gasteiger charge is -1.97. The predicted molar refractivity (Wildman–Crippen MR) is 40.0 cm³/mol. The van der Waals surface area contributed by atoms with Crippen molar-refractivity contribution in [2.24, 2.45) is 0 Å². The van der Waals surface area contributed by atoms with Gasteiger partial charge in [0.05, 0.1) is 0 Å². The lowest BCUT2D eigenvalue weighted by atomic mass is 10.7. The number of carboxylic acid groups (broad SMARTS) is 1. The Morgan fingerprint density at radius 3 is 2.45 bits per heavy atom. The van der Waals surface area contributed by atoms with Gasteiger partial charge >= 0.3 is 15.2 Å². The van der Waals surface area contributed by atoms with E-state index in [2.05, 4.69) is 0 Å². The fraction of sp³-hybridized carbons (Fsp3) is 0.667. The maximum absolute atomic E-state index is 10.0. The molecular formula is C3H7NO5S2. The Balaban J connectivity index is 3.37. The highest BCUT2D eigenvalue weighted by Crippen LogP contribution is 2.06. The largest absolute Gasteiger partial charge is 0.465 e. The Labute approximate surface area is 67.1 Å². The van der Waals surface area contributed by atoms with Gasteiger partial charge in [-0.3, -0.25) is 4.55 Å². The zero-order valence-corrected chi connectivity index (χ0v) is 6.98. The van der Waals surface area contributed by atoms with Crippen molar-refractivity contribution in [2.75, 3.05) is 12.3 Å². The van der Waals surface area contributed by atoms with Gasteiger partial charge in [-0.1, -0.05) is 0 Å². The van der Waals surface area contributed by atoms with Gasteiger partial charge in [0.15, 0.2) is 0 Å². The first-order valence-corrected chi connectivity index (χ1v) is 5.45. The van der Waals surface area contributed by atoms with E-state index in [9.17, 15) is 13.2 Å². The molecule has 11 heavy (non-hydrogen) atoms. The van der Waals surface area contributed by atoms with Crippen molar-refractivity contribution < 1.29 is 22.9 Å². The van der Waals surface area contributed by atoms with Gasteiger partial charge in [0, 0.05) is 12.3 Å². The molecule has 0 aromatic rings. The van der Waals surface area contributed by atoms with Gasteiger partial charge in [-0.05, 0) is 10.8 Å². The summed E-state index contributed by atoms with van der Waals surface area (Å²) in [6, 6.07) is 0. The highest BCUT2D eigenvalue weighted by atomic mass is 33.1. The smallest absolute Gasteiger partial charge is 0.404 e. The molecule has 0 aromatic carbocycles. The molecule has 0 unspecified atom stereocenters. The fourth-order valence-corrected chi connectivity index (χ4v) is 1.58. The van der Waals surface area contributed by atoms with Gasteiger partial charge in [-0.2, -0.15) is 8.42 Å². The van der Waals surface area contributed by atoms with Gasteiger partial charge < -0.3 is 10.4 Å². The Bertz CT molecular complexity index is 222. The van der Waals surface area contributed by atoms with Crippen molar-refractivity contribution in [3.63, 3.8) is 0 Å². The molecule has 0 atom stereocenters. The summed E-state index contributed by atoms with van der Waals surface area (Å²) in [7, 11) is -3.76. The number of amides is 1. The van der Waals surface area contributed by atoms with Crippen molar-refractivity contribution in [1.29, 1.82) is 0 Å². The van der Waals surface area contributed by atoms with E-state index in [-0.39, 0.29) is 23.1 Å². The highest BCUT2D eigenvalue weighted by molar-refractivity contribution is 8.69. The maximum atomic E-state index is 10.0. The number of hydrogen-bond acceptors (Lipinski definition) is 4. The summed E-state index contributed by atoms with van der Waals surface area (Å²) in [4.78, 5) is 9.79. The summed E-state index contributed by atoms with van der Waals surface area (Å²) in [6.07, 6.45) is -1.22. The highest BCUT2D eigenvalue weighted by Gasteiger charge is 2.04. The molecule has 66 valence electrons. The number of carbonyl (C=O) groups is 1. The third-order valence-electron chi connectivity index (χ3n) is 0.611. The second-order valence-corrected chi connectivity index (χ2v) is 4.95. The van der Waals surface area contributed by atoms with Crippen LogP contribution in [0.5, 0.6) is 0 Å². The molecule has 0 aromatic heterocycles. The van der Waals surface area contributed by atoms with Crippen LogP contribution in [0.25, 0.3) is 0 Å². The Kier molecular flexibility index (Phi) is 4.23. The molecule has 0 rings (SSSR count). The second kappa shape index (κ2) is 4.42. The van der Waals surface area contributed by atoms with Gasteiger partial charge in [-0.25, -0.2) is 4.79 Å². The summed E-state index contributed by atoms with van der Waals surface area (Å²) in [5, 5.41) is 9.95. The van der Waals surface area contributed by atoms with Crippen LogP contribution < -0.4 is 5.32 Å². The van der Waals surface area contributed by atoms with E-state index < -0.39 is 15.2 Å². The first-order chi connectivity index (χ1) is 4.92. The first kappa shape index (κ1) is 10.5. The quantitative estimate of drug-likeness (QED) is 0.330. The van der Waals surface area contributed by atoms with Crippen LogP contribution in [0, 0.1) is 0 Å². The summed E-state index contributed by atoms with van der Waals surface area (Å²) in [6.45, 7) is -0.0141. The average Bonchev–Trinajstić information content (AvgIpc) is 1.78. The molecule has 0 aliphatic heterocycles. The lowest BCUT2D eigenvalue weighted by molar-refractivity contribution is 0.195. The Hall–Kier alpha value is -0.470. The number of nitrogens with one attached hydrogen (secondary N) is 1. The minimum Gasteiger partial charge on any atom is -0.465 e. The predicted octanol–water partition coefficient (Wildman–Crippen LogP) is -0.210. The molecule has 0 radical (unpaired) electrons. The lowest BCUT2D eigenvalue weighted by Crippen LogP contribution is -2.23. The Morgan fingerprint density at radius 1 is 1.55 bits per heavy atom. The molecule has 0 aliphatic carbocycles. The monoisotopic (exact) mass is 201 g/mol. The molecular weight excluding hydrogens is 194 g/mol. The molecule has 6 nitrogen and oxygen atoms in total. The molecule has 1 amide bonds. The van der Waals surface area contributed by atoms with Crippen molar-refractivity contribution in [2.45, 2.75) is 0 Å². The number of hydrogen-bond donors (Lipinski definition) is 3. The fourth-order valence-electron chi connectivity index (χ4n) is 0.305. The first-order valence-electron chi connectivity index (χ1n) is 2.50. The van der Waals surface area contributed by atoms with Crippen molar-refractivity contribution >= 4 is 26.0 Å². The van der Waals surface area contributed by atoms with E-state index in [1.807, 2.05) is 5.32 Å². The Morgan fingerprint density at radius 2 is 2.09 bits per heavy atom. The number of rotatable bonds is 4. The third-order valence-corrected chi connectivity index (χ3v) is 2.67. The van der Waals surface area contributed by atoms with E-state index in [1.165, 1.54) is 0 Å². The normalized spacial score (nSPS) is 11.0. The topological polar surface area (TPSA) is 104 Å². The molecule has 8 heteroatoms. The van der Waals surface area contributed by atoms with Crippen LogP contribution in [-0.2, 0) is 9.15 Å². The van der Waals surface area contributed by atoms with Gasteiger partial charge in [0.25, 0.3) is 0 Å². The molecule has 0 bridgehead atoms. The van der Waals surface area contributed by atoms with Gasteiger partial charge in [-0.15, -0.1) is 0 Å². The molecule has 0 spiro atoms. The van der Waals surface area contributed by atoms with Crippen molar-refractivity contribution in [3.8, 4) is 0 Å². The van der Waals surface area contributed by atoms with Crippen LogP contribution in [-0.4, -0.2) is 36.5 Å². The van der Waals surface area contributed by atoms with Crippen LogP contribution in [0.2, 0.25) is 0 Å².